The molecule has 1 atom stereocenters. The molecule has 0 aromatic carbocycles. The number of hydrogen-bond donors (Lipinski definition) is 2. The minimum Gasteiger partial charge on any atom is -0.271 e. The molecule has 0 saturated carbocycles. The predicted octanol–water partition coefficient (Wildman–Crippen LogP) is 2.65. The van der Waals surface area contributed by atoms with Gasteiger partial charge in [0.25, 0.3) is 0 Å². The van der Waals surface area contributed by atoms with Crippen LogP contribution in [-0.2, 0) is 6.42 Å². The van der Waals surface area contributed by atoms with Crippen molar-refractivity contribution >= 4 is 11.6 Å². The van der Waals surface area contributed by atoms with Gasteiger partial charge >= 0.3 is 0 Å². The Morgan fingerprint density at radius 1 is 1.40 bits per heavy atom. The lowest BCUT2D eigenvalue weighted by atomic mass is 10.0. The molecule has 2 aromatic rings. The number of rotatable bonds is 6. The molecule has 2 aromatic heterocycles. The van der Waals surface area contributed by atoms with Crippen LogP contribution in [0.3, 0.4) is 0 Å². The van der Waals surface area contributed by atoms with Gasteiger partial charge in [0.05, 0.1) is 23.0 Å². The summed E-state index contributed by atoms with van der Waals surface area (Å²) in [5, 5.41) is 4.96. The molecule has 0 saturated heterocycles. The second-order valence-electron chi connectivity index (χ2n) is 5.04. The summed E-state index contributed by atoms with van der Waals surface area (Å²) in [5.41, 5.74) is 4.96. The smallest absolute Gasteiger partial charge is 0.0834 e. The minimum atomic E-state index is -0.0346. The van der Waals surface area contributed by atoms with E-state index in [4.69, 9.17) is 17.4 Å². The van der Waals surface area contributed by atoms with Crippen LogP contribution in [0.15, 0.2) is 30.7 Å². The molecule has 0 fully saturated rings. The van der Waals surface area contributed by atoms with E-state index in [-0.39, 0.29) is 12.1 Å². The van der Waals surface area contributed by atoms with Crippen LogP contribution in [0.1, 0.15) is 43.6 Å². The van der Waals surface area contributed by atoms with Crippen LogP contribution in [-0.4, -0.2) is 14.8 Å². The molecule has 108 valence electrons. The van der Waals surface area contributed by atoms with Gasteiger partial charge in [-0.15, -0.1) is 0 Å². The summed E-state index contributed by atoms with van der Waals surface area (Å²) in [6.07, 6.45) is 7.02. The molecule has 3 N–H and O–H groups in total. The van der Waals surface area contributed by atoms with Crippen molar-refractivity contribution in [1.29, 1.82) is 0 Å². The monoisotopic (exact) mass is 293 g/mol. The lowest BCUT2D eigenvalue weighted by Gasteiger charge is -2.20. The second-order valence-corrected chi connectivity index (χ2v) is 5.44. The summed E-state index contributed by atoms with van der Waals surface area (Å²) in [4.78, 5) is 4.12. The lowest BCUT2D eigenvalue weighted by molar-refractivity contribution is 0.433. The van der Waals surface area contributed by atoms with E-state index in [2.05, 4.69) is 35.4 Å². The topological polar surface area (TPSA) is 68.8 Å². The SMILES string of the molecule is CC(C)n1ncc(Cl)c1C(CCc1cccnc1)NN. The average Bonchev–Trinajstić information content (AvgIpc) is 2.83. The van der Waals surface area contributed by atoms with E-state index >= 15 is 0 Å². The minimum absolute atomic E-state index is 0.0346. The first kappa shape index (κ1) is 15.0. The van der Waals surface area contributed by atoms with Crippen molar-refractivity contribution in [3.8, 4) is 0 Å². The number of nitrogens with zero attached hydrogens (tertiary/aromatic N) is 3. The van der Waals surface area contributed by atoms with Crippen LogP contribution < -0.4 is 11.3 Å². The van der Waals surface area contributed by atoms with Crippen molar-refractivity contribution in [2.45, 2.75) is 38.8 Å². The molecule has 0 radical (unpaired) electrons. The summed E-state index contributed by atoms with van der Waals surface area (Å²) in [7, 11) is 0. The van der Waals surface area contributed by atoms with E-state index in [0.29, 0.717) is 5.02 Å². The number of nitrogens with two attached hydrogens (primary N) is 1. The van der Waals surface area contributed by atoms with Crippen molar-refractivity contribution in [3.05, 3.63) is 47.0 Å². The molecule has 0 aliphatic rings. The van der Waals surface area contributed by atoms with E-state index in [9.17, 15) is 0 Å². The van der Waals surface area contributed by atoms with Crippen LogP contribution >= 0.6 is 11.6 Å². The Balaban J connectivity index is 2.14. The van der Waals surface area contributed by atoms with E-state index in [1.165, 1.54) is 5.56 Å². The number of pyridine rings is 1. The van der Waals surface area contributed by atoms with Gasteiger partial charge in [-0.25, -0.2) is 0 Å². The fraction of sp³-hybridized carbons (Fsp3) is 0.429. The Morgan fingerprint density at radius 3 is 2.80 bits per heavy atom. The van der Waals surface area contributed by atoms with Crippen molar-refractivity contribution in [3.63, 3.8) is 0 Å². The average molecular weight is 294 g/mol. The highest BCUT2D eigenvalue weighted by atomic mass is 35.5. The fourth-order valence-electron chi connectivity index (χ4n) is 2.24. The molecule has 6 heteroatoms. The van der Waals surface area contributed by atoms with Gasteiger partial charge in [0.2, 0.25) is 0 Å². The highest BCUT2D eigenvalue weighted by Gasteiger charge is 2.20. The number of aryl methyl sites for hydroxylation is 1. The first-order valence-corrected chi connectivity index (χ1v) is 7.09. The van der Waals surface area contributed by atoms with Crippen molar-refractivity contribution in [2.24, 2.45) is 5.84 Å². The Labute approximate surface area is 124 Å². The second kappa shape index (κ2) is 6.83. The number of halogens is 1. The quantitative estimate of drug-likeness (QED) is 0.634. The normalized spacial score (nSPS) is 12.8. The zero-order valence-corrected chi connectivity index (χ0v) is 12.5. The summed E-state index contributed by atoms with van der Waals surface area (Å²) in [6.45, 7) is 4.14. The highest BCUT2D eigenvalue weighted by Crippen LogP contribution is 2.27. The van der Waals surface area contributed by atoms with E-state index in [1.54, 1.807) is 12.4 Å². The number of aromatic nitrogens is 3. The number of hydrogen-bond acceptors (Lipinski definition) is 4. The van der Waals surface area contributed by atoms with Gasteiger partial charge in [0.1, 0.15) is 0 Å². The maximum absolute atomic E-state index is 6.25. The van der Waals surface area contributed by atoms with Crippen LogP contribution in [0, 0.1) is 0 Å². The first-order chi connectivity index (χ1) is 9.63. The van der Waals surface area contributed by atoms with Gasteiger partial charge in [-0.1, -0.05) is 17.7 Å². The van der Waals surface area contributed by atoms with Gasteiger partial charge in [-0.3, -0.25) is 20.9 Å². The van der Waals surface area contributed by atoms with Crippen molar-refractivity contribution < 1.29 is 0 Å². The molecular formula is C14H20ClN5. The molecule has 0 aliphatic carbocycles. The third kappa shape index (κ3) is 3.36. The highest BCUT2D eigenvalue weighted by molar-refractivity contribution is 6.31. The Morgan fingerprint density at radius 2 is 2.20 bits per heavy atom. The summed E-state index contributed by atoms with van der Waals surface area (Å²) in [6, 6.07) is 4.20. The van der Waals surface area contributed by atoms with E-state index in [0.717, 1.165) is 18.5 Å². The standard InChI is InChI=1S/C14H20ClN5/c1-10(2)20-14(12(15)9-18-20)13(19-16)6-5-11-4-3-7-17-8-11/h3-4,7-10,13,19H,5-6,16H2,1-2H3. The molecule has 2 rings (SSSR count). The molecule has 0 aliphatic heterocycles. The third-order valence-corrected chi connectivity index (χ3v) is 3.54. The van der Waals surface area contributed by atoms with Crippen LogP contribution in [0.4, 0.5) is 0 Å². The van der Waals surface area contributed by atoms with Crippen LogP contribution in [0.25, 0.3) is 0 Å². The van der Waals surface area contributed by atoms with Crippen molar-refractivity contribution in [1.82, 2.24) is 20.2 Å². The maximum atomic E-state index is 6.25. The molecule has 2 heterocycles. The first-order valence-electron chi connectivity index (χ1n) is 6.71. The zero-order valence-electron chi connectivity index (χ0n) is 11.8. The summed E-state index contributed by atoms with van der Waals surface area (Å²) in [5.74, 6) is 5.70. The Bertz CT molecular complexity index is 538. The third-order valence-electron chi connectivity index (χ3n) is 3.25. The van der Waals surface area contributed by atoms with E-state index < -0.39 is 0 Å². The van der Waals surface area contributed by atoms with E-state index in [1.807, 2.05) is 16.9 Å². The lowest BCUT2D eigenvalue weighted by Crippen LogP contribution is -2.31. The molecular weight excluding hydrogens is 274 g/mol. The maximum Gasteiger partial charge on any atom is 0.0834 e. The number of hydrazine groups is 1. The molecule has 1 unspecified atom stereocenters. The van der Waals surface area contributed by atoms with Gasteiger partial charge in [-0.05, 0) is 38.3 Å². The van der Waals surface area contributed by atoms with Crippen LogP contribution in [0.5, 0.6) is 0 Å². The molecule has 20 heavy (non-hydrogen) atoms. The van der Waals surface area contributed by atoms with Gasteiger partial charge < -0.3 is 0 Å². The van der Waals surface area contributed by atoms with Gasteiger partial charge in [0.15, 0.2) is 0 Å². The largest absolute Gasteiger partial charge is 0.271 e. The molecule has 0 bridgehead atoms. The Hall–Kier alpha value is -1.43. The molecule has 5 nitrogen and oxygen atoms in total. The van der Waals surface area contributed by atoms with Gasteiger partial charge in [0, 0.05) is 18.4 Å². The van der Waals surface area contributed by atoms with Crippen molar-refractivity contribution in [2.75, 3.05) is 0 Å². The Kier molecular flexibility index (Phi) is 5.11. The fourth-order valence-corrected chi connectivity index (χ4v) is 2.51. The summed E-state index contributed by atoms with van der Waals surface area (Å²) < 4.78 is 1.91. The number of nitrogens with one attached hydrogen (secondary N) is 1. The van der Waals surface area contributed by atoms with Gasteiger partial charge in [-0.2, -0.15) is 5.10 Å². The summed E-state index contributed by atoms with van der Waals surface area (Å²) >= 11 is 6.25. The zero-order chi connectivity index (χ0) is 14.5. The molecule has 0 amide bonds. The van der Waals surface area contributed by atoms with Crippen LogP contribution in [0.2, 0.25) is 5.02 Å². The molecule has 0 spiro atoms. The predicted molar refractivity (Wildman–Crippen MR) is 80.2 cm³/mol.